The van der Waals surface area contributed by atoms with Gasteiger partial charge in [0.25, 0.3) is 0 Å². The van der Waals surface area contributed by atoms with Crippen molar-refractivity contribution in [3.63, 3.8) is 0 Å². The summed E-state index contributed by atoms with van der Waals surface area (Å²) in [5.74, 6) is -0.482. The summed E-state index contributed by atoms with van der Waals surface area (Å²) in [6.07, 6.45) is -5.23. The fraction of sp³-hybridized carbons (Fsp3) is 0.857. The van der Waals surface area contributed by atoms with Gasteiger partial charge in [-0.3, -0.25) is 4.79 Å². The summed E-state index contributed by atoms with van der Waals surface area (Å²) >= 11 is 0. The molecule has 0 bridgehead atoms. The van der Waals surface area contributed by atoms with Crippen LogP contribution in [0.5, 0.6) is 0 Å². The number of carbonyl (C=O) groups excluding carboxylic acids is 1. The molecule has 0 heterocycles. The van der Waals surface area contributed by atoms with Crippen LogP contribution < -0.4 is 5.73 Å². The number of hydrogen-bond donors (Lipinski definition) is 1. The number of likely N-dealkylation sites (N-methyl/N-ethyl adjacent to an activating group) is 1. The maximum Gasteiger partial charge on any atom is 0.390 e. The molecule has 0 aromatic carbocycles. The van der Waals surface area contributed by atoms with Gasteiger partial charge >= 0.3 is 6.18 Å². The highest BCUT2D eigenvalue weighted by atomic mass is 19.4. The van der Waals surface area contributed by atoms with Gasteiger partial charge in [-0.25, -0.2) is 0 Å². The molecule has 0 aliphatic heterocycles. The topological polar surface area (TPSA) is 46.3 Å². The van der Waals surface area contributed by atoms with E-state index in [0.29, 0.717) is 0 Å². The van der Waals surface area contributed by atoms with Gasteiger partial charge in [0.05, 0.1) is 12.5 Å². The monoisotopic (exact) mass is 198 g/mol. The maximum absolute atomic E-state index is 11.7. The van der Waals surface area contributed by atoms with Crippen LogP contribution >= 0.6 is 0 Å². The van der Waals surface area contributed by atoms with Crippen LogP contribution in [0.3, 0.4) is 0 Å². The summed E-state index contributed by atoms with van der Waals surface area (Å²) in [6.45, 7) is 1.09. The van der Waals surface area contributed by atoms with Gasteiger partial charge < -0.3 is 10.6 Å². The Hall–Kier alpha value is -0.780. The van der Waals surface area contributed by atoms with Crippen LogP contribution in [0.25, 0.3) is 0 Å². The molecule has 0 saturated heterocycles. The van der Waals surface area contributed by atoms with E-state index >= 15 is 0 Å². The number of nitrogens with zero attached hydrogens (tertiary/aromatic N) is 1. The molecule has 3 nitrogen and oxygen atoms in total. The molecule has 0 aromatic heterocycles. The van der Waals surface area contributed by atoms with E-state index in [1.54, 1.807) is 0 Å². The number of amides is 1. The highest BCUT2D eigenvalue weighted by Crippen LogP contribution is 2.19. The molecule has 0 saturated carbocycles. The standard InChI is InChI=1S/C7H13F3N2O/c1-5(11)6(13)12(2)4-3-7(8,9)10/h5H,3-4,11H2,1-2H3/t5-/m0/s1. The Morgan fingerprint density at radius 3 is 2.31 bits per heavy atom. The van der Waals surface area contributed by atoms with E-state index in [0.717, 1.165) is 4.90 Å². The molecule has 78 valence electrons. The van der Waals surface area contributed by atoms with Gasteiger partial charge in [-0.15, -0.1) is 0 Å². The van der Waals surface area contributed by atoms with Crippen molar-refractivity contribution in [1.29, 1.82) is 0 Å². The van der Waals surface area contributed by atoms with Crippen LogP contribution in [0.2, 0.25) is 0 Å². The van der Waals surface area contributed by atoms with Gasteiger partial charge in [0, 0.05) is 13.6 Å². The zero-order valence-corrected chi connectivity index (χ0v) is 7.56. The van der Waals surface area contributed by atoms with Crippen LogP contribution in [0, 0.1) is 0 Å². The molecule has 13 heavy (non-hydrogen) atoms. The Balaban J connectivity index is 3.88. The molecule has 0 fully saturated rings. The fourth-order valence-electron chi connectivity index (χ4n) is 0.752. The number of nitrogens with two attached hydrogens (primary N) is 1. The summed E-state index contributed by atoms with van der Waals surface area (Å²) in [4.78, 5) is 12.0. The van der Waals surface area contributed by atoms with Gasteiger partial charge in [-0.2, -0.15) is 13.2 Å². The molecule has 1 atom stereocenters. The lowest BCUT2D eigenvalue weighted by molar-refractivity contribution is -0.144. The molecule has 0 aliphatic rings. The zero-order chi connectivity index (χ0) is 10.6. The highest BCUT2D eigenvalue weighted by Gasteiger charge is 2.28. The SMILES string of the molecule is C[C@H](N)C(=O)N(C)CCC(F)(F)F. The smallest absolute Gasteiger partial charge is 0.344 e. The van der Waals surface area contributed by atoms with Crippen molar-refractivity contribution in [2.75, 3.05) is 13.6 Å². The predicted octanol–water partition coefficient (Wildman–Crippen LogP) is 0.744. The largest absolute Gasteiger partial charge is 0.390 e. The Kier molecular flexibility index (Phi) is 4.19. The van der Waals surface area contributed by atoms with Gasteiger partial charge in [0.1, 0.15) is 0 Å². The Bertz CT molecular complexity index is 179. The molecule has 0 aromatic rings. The first-order valence-electron chi connectivity index (χ1n) is 3.81. The van der Waals surface area contributed by atoms with Crippen molar-refractivity contribution in [3.05, 3.63) is 0 Å². The minimum absolute atomic E-state index is 0.343. The van der Waals surface area contributed by atoms with Crippen LogP contribution in [0.15, 0.2) is 0 Å². The van der Waals surface area contributed by atoms with E-state index in [9.17, 15) is 18.0 Å². The maximum atomic E-state index is 11.7. The third-order valence-electron chi connectivity index (χ3n) is 1.50. The summed E-state index contributed by atoms with van der Waals surface area (Å²) in [6, 6.07) is -0.752. The number of rotatable bonds is 3. The lowest BCUT2D eigenvalue weighted by Gasteiger charge is -2.19. The minimum Gasteiger partial charge on any atom is -0.344 e. The normalized spacial score (nSPS) is 14.0. The van der Waals surface area contributed by atoms with Crippen molar-refractivity contribution in [2.24, 2.45) is 5.73 Å². The van der Waals surface area contributed by atoms with Gasteiger partial charge in [0.15, 0.2) is 0 Å². The molecule has 1 amide bonds. The average molecular weight is 198 g/mol. The lowest BCUT2D eigenvalue weighted by atomic mass is 10.3. The van der Waals surface area contributed by atoms with E-state index in [-0.39, 0.29) is 6.54 Å². The number of carbonyl (C=O) groups is 1. The Morgan fingerprint density at radius 2 is 2.00 bits per heavy atom. The second-order valence-electron chi connectivity index (χ2n) is 2.91. The van der Waals surface area contributed by atoms with Gasteiger partial charge in [0.2, 0.25) is 5.91 Å². The Morgan fingerprint density at radius 1 is 1.54 bits per heavy atom. The van der Waals surface area contributed by atoms with Crippen molar-refractivity contribution < 1.29 is 18.0 Å². The van der Waals surface area contributed by atoms with E-state index in [1.165, 1.54) is 14.0 Å². The van der Waals surface area contributed by atoms with Crippen molar-refractivity contribution in [1.82, 2.24) is 4.90 Å². The molecule has 0 radical (unpaired) electrons. The van der Waals surface area contributed by atoms with Gasteiger partial charge in [-0.05, 0) is 6.92 Å². The van der Waals surface area contributed by atoms with E-state index in [1.807, 2.05) is 0 Å². The second-order valence-corrected chi connectivity index (χ2v) is 2.91. The Labute approximate surface area is 74.7 Å². The minimum atomic E-state index is -4.23. The van der Waals surface area contributed by atoms with E-state index < -0.39 is 24.5 Å². The van der Waals surface area contributed by atoms with Crippen molar-refractivity contribution in [3.8, 4) is 0 Å². The first-order chi connectivity index (χ1) is 5.74. The lowest BCUT2D eigenvalue weighted by Crippen LogP contribution is -2.41. The first kappa shape index (κ1) is 12.2. The number of alkyl halides is 3. The second kappa shape index (κ2) is 4.45. The molecule has 0 spiro atoms. The average Bonchev–Trinajstić information content (AvgIpc) is 1.97. The third-order valence-corrected chi connectivity index (χ3v) is 1.50. The molecule has 6 heteroatoms. The zero-order valence-electron chi connectivity index (χ0n) is 7.56. The number of hydrogen-bond acceptors (Lipinski definition) is 2. The number of halogens is 3. The third kappa shape index (κ3) is 5.46. The summed E-state index contributed by atoms with van der Waals surface area (Å²) in [7, 11) is 1.30. The van der Waals surface area contributed by atoms with E-state index in [2.05, 4.69) is 0 Å². The molecule has 0 unspecified atom stereocenters. The van der Waals surface area contributed by atoms with Crippen LogP contribution in [0.4, 0.5) is 13.2 Å². The summed E-state index contributed by atoms with van der Waals surface area (Å²) in [5, 5.41) is 0. The van der Waals surface area contributed by atoms with Crippen molar-refractivity contribution in [2.45, 2.75) is 25.6 Å². The molecular formula is C7H13F3N2O. The molecule has 0 aliphatic carbocycles. The first-order valence-corrected chi connectivity index (χ1v) is 3.81. The van der Waals surface area contributed by atoms with Crippen LogP contribution in [-0.2, 0) is 4.79 Å². The molecule has 2 N–H and O–H groups in total. The summed E-state index contributed by atoms with van der Waals surface area (Å²) < 4.78 is 35.1. The fourth-order valence-corrected chi connectivity index (χ4v) is 0.752. The van der Waals surface area contributed by atoms with E-state index in [4.69, 9.17) is 5.73 Å². The quantitative estimate of drug-likeness (QED) is 0.727. The summed E-state index contributed by atoms with van der Waals surface area (Å²) in [5.41, 5.74) is 5.20. The van der Waals surface area contributed by atoms with Crippen LogP contribution in [0.1, 0.15) is 13.3 Å². The van der Waals surface area contributed by atoms with Crippen molar-refractivity contribution >= 4 is 5.91 Å². The highest BCUT2D eigenvalue weighted by molar-refractivity contribution is 5.80. The predicted molar refractivity (Wildman–Crippen MR) is 42.0 cm³/mol. The van der Waals surface area contributed by atoms with Gasteiger partial charge in [-0.1, -0.05) is 0 Å². The van der Waals surface area contributed by atoms with Crippen LogP contribution in [-0.4, -0.2) is 36.6 Å². The molecular weight excluding hydrogens is 185 g/mol. The molecule has 0 rings (SSSR count).